The first-order valence-electron chi connectivity index (χ1n) is 11.7. The Morgan fingerprint density at radius 2 is 1.89 bits per heavy atom. The molecule has 1 aliphatic rings. The van der Waals surface area contributed by atoms with E-state index in [1.54, 1.807) is 43.5 Å². The normalized spacial score (nSPS) is 15.2. The maximum atomic E-state index is 14.3. The molecule has 0 unspecified atom stereocenters. The van der Waals surface area contributed by atoms with Gasteiger partial charge in [0.2, 0.25) is 5.91 Å². The second kappa shape index (κ2) is 10.2. The van der Waals surface area contributed by atoms with Crippen LogP contribution in [0.2, 0.25) is 0 Å². The monoisotopic (exact) mass is 493 g/mol. The number of carbonyl (C=O) groups is 3. The van der Waals surface area contributed by atoms with Crippen molar-refractivity contribution >= 4 is 29.4 Å². The number of carbonyl (C=O) groups excluding carboxylic acids is 2. The minimum absolute atomic E-state index is 0.0259. The number of halogens is 1. The Balaban J connectivity index is 1.42. The highest BCUT2D eigenvalue weighted by molar-refractivity contribution is 5.99. The number of amides is 3. The lowest BCUT2D eigenvalue weighted by atomic mass is 10.0. The summed E-state index contributed by atoms with van der Waals surface area (Å²) < 4.78 is 15.8. The standard InChI is InChI=1S/C26H28FN5O4/c1-15(2)19-8-6-17(14-21(19)27)28-26(36)31-11-4-5-22(31)24(33)29-23-10-12-32(30-23)18-7-9-20(25(34)35)16(3)13-18/h6-10,12-15,22H,4-5,11H2,1-3H3,(H,28,36)(H,34,35)(H,29,30,33)/t22-/m0/s1. The average molecular weight is 494 g/mol. The van der Waals surface area contributed by atoms with Crippen LogP contribution in [0, 0.1) is 12.7 Å². The maximum Gasteiger partial charge on any atom is 0.335 e. The molecule has 0 bridgehead atoms. The van der Waals surface area contributed by atoms with Gasteiger partial charge in [-0.05, 0) is 67.1 Å². The molecule has 9 nitrogen and oxygen atoms in total. The van der Waals surface area contributed by atoms with Crippen LogP contribution < -0.4 is 10.6 Å². The van der Waals surface area contributed by atoms with Crippen molar-refractivity contribution in [1.29, 1.82) is 0 Å². The number of urea groups is 1. The van der Waals surface area contributed by atoms with Crippen molar-refractivity contribution in [2.45, 2.75) is 45.6 Å². The van der Waals surface area contributed by atoms with Crippen molar-refractivity contribution in [1.82, 2.24) is 14.7 Å². The van der Waals surface area contributed by atoms with Gasteiger partial charge in [-0.2, -0.15) is 5.10 Å². The molecule has 2 aromatic carbocycles. The molecule has 1 aromatic heterocycles. The van der Waals surface area contributed by atoms with E-state index in [0.29, 0.717) is 47.7 Å². The number of carboxylic acids is 1. The zero-order chi connectivity index (χ0) is 26.0. The average Bonchev–Trinajstić information content (AvgIpc) is 3.48. The third-order valence-corrected chi connectivity index (χ3v) is 6.24. The van der Waals surface area contributed by atoms with Crippen molar-refractivity contribution in [3.63, 3.8) is 0 Å². The number of aromatic nitrogens is 2. The summed E-state index contributed by atoms with van der Waals surface area (Å²) in [6.45, 7) is 5.89. The molecule has 10 heteroatoms. The predicted octanol–water partition coefficient (Wildman–Crippen LogP) is 4.78. The minimum atomic E-state index is -1.00. The number of rotatable bonds is 6. The molecule has 0 aliphatic carbocycles. The Hall–Kier alpha value is -4.21. The van der Waals surface area contributed by atoms with Gasteiger partial charge in [-0.3, -0.25) is 4.79 Å². The number of hydrogen-bond acceptors (Lipinski definition) is 4. The van der Waals surface area contributed by atoms with Gasteiger partial charge >= 0.3 is 12.0 Å². The summed E-state index contributed by atoms with van der Waals surface area (Å²) in [4.78, 5) is 38.5. The summed E-state index contributed by atoms with van der Waals surface area (Å²) >= 11 is 0. The first-order valence-corrected chi connectivity index (χ1v) is 11.7. The fourth-order valence-electron chi connectivity index (χ4n) is 4.33. The fourth-order valence-corrected chi connectivity index (χ4v) is 4.33. The van der Waals surface area contributed by atoms with Gasteiger partial charge in [0.1, 0.15) is 11.9 Å². The molecule has 3 aromatic rings. The number of aromatic carboxylic acids is 1. The van der Waals surface area contributed by atoms with E-state index in [0.717, 1.165) is 0 Å². The molecule has 1 saturated heterocycles. The van der Waals surface area contributed by atoms with Crippen molar-refractivity contribution in [2.24, 2.45) is 0 Å². The van der Waals surface area contributed by atoms with Crippen LogP contribution in [0.1, 0.15) is 54.1 Å². The van der Waals surface area contributed by atoms with Crippen molar-refractivity contribution < 1.29 is 23.9 Å². The van der Waals surface area contributed by atoms with E-state index >= 15 is 0 Å². The lowest BCUT2D eigenvalue weighted by molar-refractivity contribution is -0.119. The number of aryl methyl sites for hydroxylation is 1. The topological polar surface area (TPSA) is 117 Å². The Morgan fingerprint density at radius 3 is 2.56 bits per heavy atom. The van der Waals surface area contributed by atoms with Crippen LogP contribution in [0.25, 0.3) is 5.69 Å². The van der Waals surface area contributed by atoms with Crippen LogP contribution in [0.4, 0.5) is 20.7 Å². The molecule has 1 aliphatic heterocycles. The molecule has 2 heterocycles. The zero-order valence-electron chi connectivity index (χ0n) is 20.3. The van der Waals surface area contributed by atoms with Gasteiger partial charge in [-0.1, -0.05) is 19.9 Å². The third-order valence-electron chi connectivity index (χ3n) is 6.24. The molecule has 3 amide bonds. The quantitative estimate of drug-likeness (QED) is 0.457. The summed E-state index contributed by atoms with van der Waals surface area (Å²) in [5.41, 5.74) is 2.34. The second-order valence-corrected chi connectivity index (χ2v) is 9.11. The summed E-state index contributed by atoms with van der Waals surface area (Å²) in [6, 6.07) is 9.89. The SMILES string of the molecule is Cc1cc(-n2ccc(NC(=O)[C@@H]3CCCN3C(=O)Nc3ccc(C(C)C)c(F)c3)n2)ccc1C(=O)O. The number of nitrogens with one attached hydrogen (secondary N) is 2. The molecule has 0 saturated carbocycles. The third kappa shape index (κ3) is 5.22. The van der Waals surface area contributed by atoms with Crippen LogP contribution in [0.15, 0.2) is 48.7 Å². The van der Waals surface area contributed by atoms with E-state index in [4.69, 9.17) is 0 Å². The van der Waals surface area contributed by atoms with Gasteiger partial charge in [-0.15, -0.1) is 0 Å². The molecule has 4 rings (SSSR count). The Kier molecular flexibility index (Phi) is 7.05. The van der Waals surface area contributed by atoms with E-state index < -0.39 is 18.0 Å². The lowest BCUT2D eigenvalue weighted by Gasteiger charge is -2.24. The van der Waals surface area contributed by atoms with E-state index in [1.165, 1.54) is 21.7 Å². The van der Waals surface area contributed by atoms with Crippen LogP contribution in [-0.4, -0.2) is 50.3 Å². The van der Waals surface area contributed by atoms with E-state index in [-0.39, 0.29) is 23.2 Å². The molecule has 36 heavy (non-hydrogen) atoms. The molecule has 188 valence electrons. The van der Waals surface area contributed by atoms with Crippen molar-refractivity contribution in [3.8, 4) is 5.69 Å². The summed E-state index contributed by atoms with van der Waals surface area (Å²) in [5, 5.41) is 19.0. The van der Waals surface area contributed by atoms with Gasteiger partial charge in [0, 0.05) is 24.5 Å². The van der Waals surface area contributed by atoms with Gasteiger partial charge in [0.25, 0.3) is 0 Å². The summed E-state index contributed by atoms with van der Waals surface area (Å²) in [7, 11) is 0. The van der Waals surface area contributed by atoms with E-state index in [2.05, 4.69) is 15.7 Å². The van der Waals surface area contributed by atoms with Gasteiger partial charge < -0.3 is 20.6 Å². The molecule has 0 radical (unpaired) electrons. The summed E-state index contributed by atoms with van der Waals surface area (Å²) in [5.74, 6) is -1.43. The molecule has 0 spiro atoms. The zero-order valence-corrected chi connectivity index (χ0v) is 20.3. The Morgan fingerprint density at radius 1 is 1.11 bits per heavy atom. The molecule has 1 fully saturated rings. The Labute approximate surface area is 207 Å². The number of likely N-dealkylation sites (tertiary alicyclic amines) is 1. The molecular formula is C26H28FN5O4. The molecule has 1 atom stereocenters. The smallest absolute Gasteiger partial charge is 0.335 e. The second-order valence-electron chi connectivity index (χ2n) is 9.11. The van der Waals surface area contributed by atoms with Crippen LogP contribution in [0.5, 0.6) is 0 Å². The number of carboxylic acid groups (broad SMARTS) is 1. The van der Waals surface area contributed by atoms with Gasteiger partial charge in [-0.25, -0.2) is 18.7 Å². The van der Waals surface area contributed by atoms with Crippen molar-refractivity contribution in [3.05, 3.63) is 71.2 Å². The highest BCUT2D eigenvalue weighted by Gasteiger charge is 2.34. The number of nitrogens with zero attached hydrogens (tertiary/aromatic N) is 3. The van der Waals surface area contributed by atoms with E-state index in [9.17, 15) is 23.9 Å². The number of benzene rings is 2. The predicted molar refractivity (Wildman–Crippen MR) is 133 cm³/mol. The minimum Gasteiger partial charge on any atom is -0.478 e. The van der Waals surface area contributed by atoms with Crippen molar-refractivity contribution in [2.75, 3.05) is 17.2 Å². The van der Waals surface area contributed by atoms with Crippen LogP contribution >= 0.6 is 0 Å². The first kappa shape index (κ1) is 24.9. The largest absolute Gasteiger partial charge is 0.478 e. The van der Waals surface area contributed by atoms with E-state index in [1.807, 2.05) is 13.8 Å². The van der Waals surface area contributed by atoms with Gasteiger partial charge in [0.15, 0.2) is 5.82 Å². The van der Waals surface area contributed by atoms with Gasteiger partial charge in [0.05, 0.1) is 11.3 Å². The fraction of sp³-hybridized carbons (Fsp3) is 0.308. The molecule has 3 N–H and O–H groups in total. The highest BCUT2D eigenvalue weighted by Crippen LogP contribution is 2.24. The summed E-state index contributed by atoms with van der Waals surface area (Å²) in [6.07, 6.45) is 2.81. The number of hydrogen-bond donors (Lipinski definition) is 3. The highest BCUT2D eigenvalue weighted by atomic mass is 19.1. The van der Waals surface area contributed by atoms with Crippen LogP contribution in [0.3, 0.4) is 0 Å². The first-order chi connectivity index (χ1) is 17.1. The Bertz CT molecular complexity index is 1320. The lowest BCUT2D eigenvalue weighted by Crippen LogP contribution is -2.45. The molecular weight excluding hydrogens is 465 g/mol. The number of anilines is 2. The maximum absolute atomic E-state index is 14.3. The van der Waals surface area contributed by atoms with Crippen LogP contribution in [-0.2, 0) is 4.79 Å².